The van der Waals surface area contributed by atoms with Crippen molar-refractivity contribution in [2.45, 2.75) is 232 Å². The highest BCUT2D eigenvalue weighted by molar-refractivity contribution is 5.18. The molecule has 0 bridgehead atoms. The molecule has 25 heteroatoms. The van der Waals surface area contributed by atoms with Gasteiger partial charge in [0.05, 0.1) is 56.9 Å². The molecular formula is C50H84O25. The number of hydrogen-bond donors (Lipinski definition) is 16. The Morgan fingerprint density at radius 1 is 0.600 bits per heavy atom. The van der Waals surface area contributed by atoms with E-state index in [1.54, 1.807) is 0 Å². The number of aliphatic hydroxyl groups excluding tert-OH is 14. The molecule has 9 fully saturated rings. The Bertz CT molecular complexity index is 1910. The molecule has 0 aromatic carbocycles. The van der Waals surface area contributed by atoms with Crippen LogP contribution < -0.4 is 0 Å². The van der Waals surface area contributed by atoms with Gasteiger partial charge in [-0.15, -0.1) is 0 Å². The average molecular weight is 1090 g/mol. The van der Waals surface area contributed by atoms with E-state index in [2.05, 4.69) is 6.92 Å². The number of ether oxygens (including phenoxy) is 9. The van der Waals surface area contributed by atoms with Gasteiger partial charge in [0.25, 0.3) is 0 Å². The Kier molecular flexibility index (Phi) is 17.5. The summed E-state index contributed by atoms with van der Waals surface area (Å²) in [4.78, 5) is 0. The monoisotopic (exact) mass is 1080 g/mol. The minimum Gasteiger partial charge on any atom is -0.394 e. The Balaban J connectivity index is 0.797. The van der Waals surface area contributed by atoms with Gasteiger partial charge in [0, 0.05) is 24.2 Å². The fourth-order valence-corrected chi connectivity index (χ4v) is 15.4. The number of rotatable bonds is 15. The molecule has 434 valence electrons. The molecule has 5 aliphatic heterocycles. The van der Waals surface area contributed by atoms with Gasteiger partial charge < -0.3 is 124 Å². The third-order valence-corrected chi connectivity index (χ3v) is 19.9. The van der Waals surface area contributed by atoms with Crippen molar-refractivity contribution in [2.24, 2.45) is 46.3 Å². The van der Waals surface area contributed by atoms with Gasteiger partial charge in [-0.25, -0.2) is 0 Å². The fourth-order valence-electron chi connectivity index (χ4n) is 15.4. The molecular weight excluding hydrogens is 1000 g/mol. The van der Waals surface area contributed by atoms with Crippen LogP contribution in [0.5, 0.6) is 0 Å². The molecule has 0 aromatic heterocycles. The third kappa shape index (κ3) is 10.3. The summed E-state index contributed by atoms with van der Waals surface area (Å²) in [6.07, 6.45) is -28.7. The predicted octanol–water partition coefficient (Wildman–Crippen LogP) is -5.23. The minimum atomic E-state index is -1.93. The molecule has 0 radical (unpaired) electrons. The van der Waals surface area contributed by atoms with E-state index in [1.165, 1.54) is 0 Å². The molecule has 1 unspecified atom stereocenters. The van der Waals surface area contributed by atoms with Gasteiger partial charge in [0.2, 0.25) is 0 Å². The van der Waals surface area contributed by atoms with E-state index in [0.717, 1.165) is 19.3 Å². The smallest absolute Gasteiger partial charge is 0.187 e. The lowest BCUT2D eigenvalue weighted by atomic mass is 9.42. The van der Waals surface area contributed by atoms with Crippen LogP contribution in [0.3, 0.4) is 0 Å². The maximum absolute atomic E-state index is 12.7. The van der Waals surface area contributed by atoms with Crippen molar-refractivity contribution in [3.8, 4) is 0 Å². The minimum absolute atomic E-state index is 0.0196. The summed E-state index contributed by atoms with van der Waals surface area (Å²) in [5.74, 6) is -1.24. The van der Waals surface area contributed by atoms with Gasteiger partial charge >= 0.3 is 0 Å². The van der Waals surface area contributed by atoms with Crippen molar-refractivity contribution in [3.63, 3.8) is 0 Å². The third-order valence-electron chi connectivity index (χ3n) is 19.9. The fraction of sp³-hybridized carbons (Fsp3) is 1.00. The molecule has 9 rings (SSSR count). The molecule has 0 spiro atoms. The van der Waals surface area contributed by atoms with Crippen LogP contribution in [-0.2, 0) is 42.6 Å². The van der Waals surface area contributed by atoms with Crippen molar-refractivity contribution >= 4 is 0 Å². The summed E-state index contributed by atoms with van der Waals surface area (Å²) in [6, 6.07) is 0. The van der Waals surface area contributed by atoms with Gasteiger partial charge in [0.15, 0.2) is 30.9 Å². The van der Waals surface area contributed by atoms with Gasteiger partial charge in [-0.05, 0) is 80.0 Å². The zero-order chi connectivity index (χ0) is 54.4. The molecule has 32 atom stereocenters. The topological polar surface area (TPSA) is 407 Å². The maximum atomic E-state index is 12.7. The summed E-state index contributed by atoms with van der Waals surface area (Å²) in [5, 5.41) is 173. The number of aliphatic hydroxyl groups is 16. The van der Waals surface area contributed by atoms with E-state index in [9.17, 15) is 81.7 Å². The molecule has 4 saturated carbocycles. The first-order valence-corrected chi connectivity index (χ1v) is 26.9. The van der Waals surface area contributed by atoms with E-state index in [1.807, 2.05) is 20.8 Å². The van der Waals surface area contributed by atoms with Gasteiger partial charge in [-0.1, -0.05) is 27.7 Å². The SMILES string of the molecule is CC(CC[C@]1(O)O[C@H]2C[C@H]3[C@@H]4CC[C@@]5(O)C[C@@H](O[C@@H]6O[C@H](CO)[C@H](O[C@@H]7O[C@H](CO)[C@@H](O)[C@H](O[C@@H]8OC[C@@H](O)[C@H](O)[C@H]8O)[C@H]7O)[C@H](O)[C@H]6O)[C@H](O)C[C@]5(C)[C@H]4CC[C@]3(C)[C@H]2[C@@H]1C)CO[C@@H]1O[C@H](CO)[C@@H](O)[C@H](O)[C@H]1O. The second kappa shape index (κ2) is 22.4. The quantitative estimate of drug-likeness (QED) is 0.0682. The van der Waals surface area contributed by atoms with Crippen LogP contribution in [-0.4, -0.2) is 261 Å². The highest BCUT2D eigenvalue weighted by Crippen LogP contribution is 2.71. The Hall–Kier alpha value is -1.00. The predicted molar refractivity (Wildman–Crippen MR) is 248 cm³/mol. The zero-order valence-corrected chi connectivity index (χ0v) is 42.9. The summed E-state index contributed by atoms with van der Waals surface area (Å²) >= 11 is 0. The van der Waals surface area contributed by atoms with Crippen LogP contribution in [0.1, 0.15) is 85.5 Å². The summed E-state index contributed by atoms with van der Waals surface area (Å²) in [5.41, 5.74) is -2.25. The van der Waals surface area contributed by atoms with E-state index < -0.39 is 172 Å². The standard InChI is InChI=1S/C50H84O25/c1-19(17-67-43-38(62)35(59)33(57)28(14-51)70-43)5-10-50(66)20(2)31-26(75-50)11-23-21-6-9-49(65)13-27(24(54)12-48(49,4)22(21)7-8-47(23,31)3)69-45-39(63)36(60)41(30(16-53)72-45)73-46-40(64)42(34(58)29(15-52)71-46)74-44-37(61)32(56)25(55)18-68-44/h19-46,51-66H,5-18H2,1-4H3/t19?,20-,21+,22-,23-,24+,25+,26-,27+,28+,29+,30+,31-,32-,33+,34+,35-,36+,37+,38+,39+,40+,41-,42-,43+,44-,45+,46-,47-,48+,49+,50-/m0/s1. The van der Waals surface area contributed by atoms with Crippen molar-refractivity contribution in [2.75, 3.05) is 33.0 Å². The van der Waals surface area contributed by atoms with Gasteiger partial charge in [-0.2, -0.15) is 0 Å². The molecule has 75 heavy (non-hydrogen) atoms. The van der Waals surface area contributed by atoms with Crippen LogP contribution in [0.4, 0.5) is 0 Å². The van der Waals surface area contributed by atoms with Crippen molar-refractivity contribution in [1.29, 1.82) is 0 Å². The maximum Gasteiger partial charge on any atom is 0.187 e. The molecule has 25 nitrogen and oxygen atoms in total. The van der Waals surface area contributed by atoms with E-state index in [-0.39, 0.29) is 66.5 Å². The zero-order valence-electron chi connectivity index (χ0n) is 42.9. The Morgan fingerprint density at radius 2 is 1.21 bits per heavy atom. The summed E-state index contributed by atoms with van der Waals surface area (Å²) in [7, 11) is 0. The molecule has 4 aliphatic carbocycles. The van der Waals surface area contributed by atoms with Crippen LogP contribution >= 0.6 is 0 Å². The van der Waals surface area contributed by atoms with Crippen LogP contribution in [0.15, 0.2) is 0 Å². The lowest BCUT2D eigenvalue weighted by molar-refractivity contribution is -0.380. The highest BCUT2D eigenvalue weighted by atomic mass is 16.8. The van der Waals surface area contributed by atoms with E-state index >= 15 is 0 Å². The van der Waals surface area contributed by atoms with E-state index in [0.29, 0.717) is 25.7 Å². The van der Waals surface area contributed by atoms with Crippen LogP contribution in [0.25, 0.3) is 0 Å². The molecule has 16 N–H and O–H groups in total. The van der Waals surface area contributed by atoms with Gasteiger partial charge in [0.1, 0.15) is 91.6 Å². The van der Waals surface area contributed by atoms with Crippen LogP contribution in [0.2, 0.25) is 0 Å². The molecule has 9 aliphatic rings. The second-order valence-electron chi connectivity index (χ2n) is 24.1. The Labute approximate surface area is 434 Å². The molecule has 0 amide bonds. The van der Waals surface area contributed by atoms with Crippen molar-refractivity contribution in [1.82, 2.24) is 0 Å². The first-order valence-electron chi connectivity index (χ1n) is 26.9. The Morgan fingerprint density at radius 3 is 1.91 bits per heavy atom. The normalized spacial score (nSPS) is 56.4. The largest absolute Gasteiger partial charge is 0.394 e. The first kappa shape index (κ1) is 58.6. The lowest BCUT2D eigenvalue weighted by Gasteiger charge is -2.65. The van der Waals surface area contributed by atoms with Crippen molar-refractivity contribution < 1.29 is 124 Å². The first-order chi connectivity index (χ1) is 35.3. The average Bonchev–Trinajstić information content (AvgIpc) is 3.81. The molecule has 0 aromatic rings. The summed E-state index contributed by atoms with van der Waals surface area (Å²) in [6.45, 7) is 5.74. The lowest BCUT2D eigenvalue weighted by Crippen LogP contribution is -2.68. The molecule has 5 saturated heterocycles. The van der Waals surface area contributed by atoms with E-state index in [4.69, 9.17) is 42.6 Å². The van der Waals surface area contributed by atoms with Crippen LogP contribution in [0, 0.1) is 46.3 Å². The number of hydrogen-bond acceptors (Lipinski definition) is 25. The highest BCUT2D eigenvalue weighted by Gasteiger charge is 2.71. The number of fused-ring (bicyclic) bond motifs is 7. The second-order valence-corrected chi connectivity index (χ2v) is 24.1. The van der Waals surface area contributed by atoms with Gasteiger partial charge in [-0.3, -0.25) is 0 Å². The molecule has 5 heterocycles. The van der Waals surface area contributed by atoms with Crippen molar-refractivity contribution in [3.05, 3.63) is 0 Å². The summed E-state index contributed by atoms with van der Waals surface area (Å²) < 4.78 is 52.4.